The summed E-state index contributed by atoms with van der Waals surface area (Å²) in [4.78, 5) is 2.65. The van der Waals surface area contributed by atoms with Crippen LogP contribution in [0.4, 0.5) is 10.2 Å². The van der Waals surface area contributed by atoms with Crippen molar-refractivity contribution in [1.82, 2.24) is 15.1 Å². The minimum atomic E-state index is -0.343. The molecule has 1 aliphatic carbocycles. The van der Waals surface area contributed by atoms with Gasteiger partial charge in [0, 0.05) is 31.7 Å². The van der Waals surface area contributed by atoms with Crippen molar-refractivity contribution in [2.45, 2.75) is 51.6 Å². The minimum absolute atomic E-state index is 0.343. The summed E-state index contributed by atoms with van der Waals surface area (Å²) in [5, 5.41) is 12.4. The van der Waals surface area contributed by atoms with Gasteiger partial charge in [-0.15, -0.1) is 10.2 Å². The highest BCUT2D eigenvalue weighted by Crippen LogP contribution is 2.29. The molecule has 0 saturated heterocycles. The summed E-state index contributed by atoms with van der Waals surface area (Å²) in [6, 6.07) is 14.6. The summed E-state index contributed by atoms with van der Waals surface area (Å²) in [6.45, 7) is 4.16. The van der Waals surface area contributed by atoms with Crippen LogP contribution in [0.25, 0.3) is 11.3 Å². The Labute approximate surface area is 200 Å². The first-order valence-corrected chi connectivity index (χ1v) is 12.4. The summed E-state index contributed by atoms with van der Waals surface area (Å²) in [7, 11) is 0. The quantitative estimate of drug-likeness (QED) is 0.453. The minimum Gasteiger partial charge on any atom is -0.364 e. The van der Waals surface area contributed by atoms with Crippen LogP contribution in [0.1, 0.15) is 48.8 Å². The molecular weight excluding hydrogens is 435 g/mol. The molecule has 1 aromatic heterocycles. The van der Waals surface area contributed by atoms with Crippen LogP contribution in [-0.4, -0.2) is 28.2 Å². The molecule has 0 radical (unpaired) electrons. The number of nitrogens with one attached hydrogen (secondary N) is 1. The van der Waals surface area contributed by atoms with Crippen molar-refractivity contribution in [2.75, 3.05) is 18.4 Å². The number of halogens is 2. The number of aromatic nitrogens is 2. The van der Waals surface area contributed by atoms with Crippen LogP contribution >= 0.6 is 11.6 Å². The number of nitrogens with zero attached hydrogens (tertiary/aromatic N) is 3. The zero-order chi connectivity index (χ0) is 22.6. The number of fused-ring (bicyclic) bond motifs is 1. The van der Waals surface area contributed by atoms with Crippen LogP contribution in [-0.2, 0) is 19.5 Å². The zero-order valence-electron chi connectivity index (χ0n) is 18.9. The fourth-order valence-electron chi connectivity index (χ4n) is 5.25. The molecule has 2 aromatic carbocycles. The molecule has 0 amide bonds. The van der Waals surface area contributed by atoms with E-state index in [4.69, 9.17) is 11.6 Å². The highest BCUT2D eigenvalue weighted by molar-refractivity contribution is 6.33. The summed E-state index contributed by atoms with van der Waals surface area (Å²) >= 11 is 6.19. The summed E-state index contributed by atoms with van der Waals surface area (Å²) in [5.74, 6) is 1.23. The molecule has 0 unspecified atom stereocenters. The summed E-state index contributed by atoms with van der Waals surface area (Å²) < 4.78 is 13.6. The van der Waals surface area contributed by atoms with E-state index in [1.807, 2.05) is 12.1 Å². The highest BCUT2D eigenvalue weighted by atomic mass is 35.5. The van der Waals surface area contributed by atoms with Gasteiger partial charge in [-0.25, -0.2) is 4.39 Å². The Morgan fingerprint density at radius 1 is 1.03 bits per heavy atom. The molecular formula is C27H30ClFN4. The van der Waals surface area contributed by atoms with E-state index in [-0.39, 0.29) is 5.82 Å². The fraction of sp³-hybridized carbons (Fsp3) is 0.407. The lowest BCUT2D eigenvalue weighted by Gasteiger charge is -2.34. The van der Waals surface area contributed by atoms with Gasteiger partial charge in [-0.1, -0.05) is 49.1 Å². The van der Waals surface area contributed by atoms with Gasteiger partial charge < -0.3 is 5.32 Å². The lowest BCUT2D eigenvalue weighted by atomic mass is 9.87. The predicted molar refractivity (Wildman–Crippen MR) is 132 cm³/mol. The van der Waals surface area contributed by atoms with Crippen molar-refractivity contribution in [3.05, 3.63) is 76.1 Å². The van der Waals surface area contributed by atoms with E-state index in [0.717, 1.165) is 25.4 Å². The number of anilines is 1. The molecule has 172 valence electrons. The first-order valence-electron chi connectivity index (χ1n) is 12.0. The molecule has 5 rings (SSSR count). The summed E-state index contributed by atoms with van der Waals surface area (Å²) in [6.07, 6.45) is 8.13. The molecule has 4 nitrogen and oxygen atoms in total. The highest BCUT2D eigenvalue weighted by Gasteiger charge is 2.22. The van der Waals surface area contributed by atoms with Gasteiger partial charge in [0.25, 0.3) is 0 Å². The van der Waals surface area contributed by atoms with E-state index in [0.29, 0.717) is 28.6 Å². The van der Waals surface area contributed by atoms with Crippen LogP contribution in [0.3, 0.4) is 0 Å². The first-order chi connectivity index (χ1) is 16.2. The second-order valence-corrected chi connectivity index (χ2v) is 9.73. The van der Waals surface area contributed by atoms with Crippen molar-refractivity contribution in [3.63, 3.8) is 0 Å². The van der Waals surface area contributed by atoms with Gasteiger partial charge >= 0.3 is 0 Å². The van der Waals surface area contributed by atoms with E-state index in [2.05, 4.69) is 38.6 Å². The molecule has 2 aliphatic rings. The largest absolute Gasteiger partial charge is 0.364 e. The molecule has 3 aromatic rings. The maximum atomic E-state index is 13.6. The smallest absolute Gasteiger partial charge is 0.148 e. The van der Waals surface area contributed by atoms with E-state index in [9.17, 15) is 4.39 Å². The monoisotopic (exact) mass is 464 g/mol. The average molecular weight is 465 g/mol. The van der Waals surface area contributed by atoms with Crippen molar-refractivity contribution in [3.8, 4) is 11.3 Å². The van der Waals surface area contributed by atoms with E-state index in [1.54, 1.807) is 0 Å². The number of rotatable bonds is 6. The summed E-state index contributed by atoms with van der Waals surface area (Å²) in [5.41, 5.74) is 5.36. The zero-order valence-corrected chi connectivity index (χ0v) is 19.6. The fourth-order valence-corrected chi connectivity index (χ4v) is 5.47. The maximum absolute atomic E-state index is 13.6. The van der Waals surface area contributed by atoms with Gasteiger partial charge in [-0.05, 0) is 72.2 Å². The third-order valence-corrected chi connectivity index (χ3v) is 7.34. The Morgan fingerprint density at radius 2 is 1.91 bits per heavy atom. The molecule has 6 heteroatoms. The van der Waals surface area contributed by atoms with Crippen molar-refractivity contribution in [2.24, 2.45) is 5.92 Å². The van der Waals surface area contributed by atoms with Crippen LogP contribution in [0.5, 0.6) is 0 Å². The van der Waals surface area contributed by atoms with Crippen LogP contribution in [0, 0.1) is 11.7 Å². The molecule has 0 bridgehead atoms. The Hall–Kier alpha value is -2.50. The second kappa shape index (κ2) is 10.2. The van der Waals surface area contributed by atoms with Gasteiger partial charge in [0.1, 0.15) is 11.6 Å². The van der Waals surface area contributed by atoms with Gasteiger partial charge in [-0.2, -0.15) is 0 Å². The van der Waals surface area contributed by atoms with E-state index >= 15 is 0 Å². The second-order valence-electron chi connectivity index (χ2n) is 9.33. The Kier molecular flexibility index (Phi) is 6.88. The third-order valence-electron chi connectivity index (χ3n) is 7.01. The molecule has 1 aliphatic heterocycles. The molecule has 1 saturated carbocycles. The van der Waals surface area contributed by atoms with E-state index in [1.165, 1.54) is 73.5 Å². The van der Waals surface area contributed by atoms with Crippen molar-refractivity contribution >= 4 is 17.4 Å². The maximum Gasteiger partial charge on any atom is 0.148 e. The number of hydrogen-bond acceptors (Lipinski definition) is 4. The lowest BCUT2D eigenvalue weighted by Crippen LogP contribution is -2.35. The van der Waals surface area contributed by atoms with Crippen LogP contribution in [0.2, 0.25) is 5.02 Å². The van der Waals surface area contributed by atoms with E-state index < -0.39 is 0 Å². The van der Waals surface area contributed by atoms with Gasteiger partial charge in [0.05, 0.1) is 10.7 Å². The standard InChI is InChI=1S/C27H30ClFN4/c28-25-10-9-22(29)15-24(25)26-11-12-27(32-31-26)30-16-20-7-4-8-21-18-33(14-13-23(20)21)17-19-5-2-1-3-6-19/h4,7-12,15,19H,1-3,5-6,13-14,16-18H2,(H,30,32). The molecule has 2 heterocycles. The van der Waals surface area contributed by atoms with Crippen molar-refractivity contribution in [1.29, 1.82) is 0 Å². The van der Waals surface area contributed by atoms with Crippen molar-refractivity contribution < 1.29 is 4.39 Å². The van der Waals surface area contributed by atoms with Gasteiger partial charge in [0.2, 0.25) is 0 Å². The molecule has 33 heavy (non-hydrogen) atoms. The number of benzene rings is 2. The third kappa shape index (κ3) is 5.36. The lowest BCUT2D eigenvalue weighted by molar-refractivity contribution is 0.187. The van der Waals surface area contributed by atoms with Crippen LogP contribution < -0.4 is 5.32 Å². The molecule has 0 spiro atoms. The van der Waals surface area contributed by atoms with Gasteiger partial charge in [0.15, 0.2) is 0 Å². The van der Waals surface area contributed by atoms with Gasteiger partial charge in [-0.3, -0.25) is 4.90 Å². The van der Waals surface area contributed by atoms with Crippen LogP contribution in [0.15, 0.2) is 48.5 Å². The first kappa shape index (κ1) is 22.3. The molecule has 0 atom stereocenters. The molecule has 1 fully saturated rings. The Bertz CT molecular complexity index is 1100. The number of hydrogen-bond donors (Lipinski definition) is 1. The SMILES string of the molecule is Fc1ccc(Cl)c(-c2ccc(NCc3cccc4c3CCN(CC3CCCCC3)C4)nn2)c1. The molecule has 1 N–H and O–H groups in total. The Morgan fingerprint density at radius 3 is 2.73 bits per heavy atom. The topological polar surface area (TPSA) is 41.0 Å². The predicted octanol–water partition coefficient (Wildman–Crippen LogP) is 6.49. The Balaban J connectivity index is 1.22. The average Bonchev–Trinajstić information content (AvgIpc) is 2.85. The normalized spacial score (nSPS) is 17.0.